The summed E-state index contributed by atoms with van der Waals surface area (Å²) in [7, 11) is 0. The first kappa shape index (κ1) is 14.0. The maximum atomic E-state index is 11.8. The molecule has 1 aromatic rings. The number of hydrogen-bond donors (Lipinski definition) is 1. The molecule has 1 unspecified atom stereocenters. The third-order valence-corrected chi connectivity index (χ3v) is 3.04. The number of carboxylic acids is 1. The maximum Gasteiger partial charge on any atom is 0.303 e. The zero-order valence-corrected chi connectivity index (χ0v) is 10.8. The molecule has 0 fully saturated rings. The number of hydrogen-bond acceptors (Lipinski definition) is 2. The number of carboxylic acid groups (broad SMARTS) is 1. The molecular weight excluding hydrogens is 263 g/mol. The SMILES string of the molecule is CC(CC(=O)O)CC(=O)c1ccc(Cl)c(Cl)c1. The minimum atomic E-state index is -0.903. The minimum absolute atomic E-state index is 0.0208. The van der Waals surface area contributed by atoms with E-state index in [1.54, 1.807) is 19.1 Å². The Labute approximate surface area is 109 Å². The Kier molecular flexibility index (Phi) is 4.97. The van der Waals surface area contributed by atoms with E-state index < -0.39 is 5.97 Å². The third kappa shape index (κ3) is 4.36. The lowest BCUT2D eigenvalue weighted by atomic mass is 9.97. The van der Waals surface area contributed by atoms with Crippen molar-refractivity contribution in [3.63, 3.8) is 0 Å². The van der Waals surface area contributed by atoms with Gasteiger partial charge in [0.05, 0.1) is 10.0 Å². The molecule has 0 bridgehead atoms. The van der Waals surface area contributed by atoms with Crippen molar-refractivity contribution in [1.29, 1.82) is 0 Å². The molecule has 92 valence electrons. The Bertz CT molecular complexity index is 443. The molecule has 0 aliphatic rings. The molecule has 3 nitrogen and oxygen atoms in total. The predicted octanol–water partition coefficient (Wildman–Crippen LogP) is 3.68. The number of ketones is 1. The first-order chi connectivity index (χ1) is 7.90. The zero-order valence-electron chi connectivity index (χ0n) is 9.24. The van der Waals surface area contributed by atoms with Gasteiger partial charge in [-0.2, -0.15) is 0 Å². The lowest BCUT2D eigenvalue weighted by molar-refractivity contribution is -0.137. The molecule has 1 aromatic carbocycles. The summed E-state index contributed by atoms with van der Waals surface area (Å²) >= 11 is 11.5. The summed E-state index contributed by atoms with van der Waals surface area (Å²) in [4.78, 5) is 22.3. The summed E-state index contributed by atoms with van der Waals surface area (Å²) in [6.45, 7) is 1.73. The van der Waals surface area contributed by atoms with Crippen LogP contribution in [-0.4, -0.2) is 16.9 Å². The van der Waals surface area contributed by atoms with E-state index in [-0.39, 0.29) is 24.5 Å². The van der Waals surface area contributed by atoms with Gasteiger partial charge < -0.3 is 5.11 Å². The van der Waals surface area contributed by atoms with Crippen molar-refractivity contribution in [3.8, 4) is 0 Å². The van der Waals surface area contributed by atoms with Crippen LogP contribution in [-0.2, 0) is 4.79 Å². The highest BCUT2D eigenvalue weighted by Gasteiger charge is 2.14. The summed E-state index contributed by atoms with van der Waals surface area (Å²) in [6, 6.07) is 4.64. The Morgan fingerprint density at radius 1 is 1.24 bits per heavy atom. The van der Waals surface area contributed by atoms with Gasteiger partial charge >= 0.3 is 5.97 Å². The number of Topliss-reactive ketones (excluding diaryl/α,β-unsaturated/α-hetero) is 1. The van der Waals surface area contributed by atoms with Crippen LogP contribution in [0.15, 0.2) is 18.2 Å². The van der Waals surface area contributed by atoms with Gasteiger partial charge in [0, 0.05) is 18.4 Å². The highest BCUT2D eigenvalue weighted by atomic mass is 35.5. The number of benzene rings is 1. The van der Waals surface area contributed by atoms with Crippen LogP contribution in [0.4, 0.5) is 0 Å². The number of halogens is 2. The Hall–Kier alpha value is -1.06. The second-order valence-corrected chi connectivity index (χ2v) is 4.77. The lowest BCUT2D eigenvalue weighted by Crippen LogP contribution is -2.10. The minimum Gasteiger partial charge on any atom is -0.481 e. The molecule has 0 amide bonds. The molecule has 5 heteroatoms. The lowest BCUT2D eigenvalue weighted by Gasteiger charge is -2.08. The number of rotatable bonds is 5. The Morgan fingerprint density at radius 2 is 1.88 bits per heavy atom. The quantitative estimate of drug-likeness (QED) is 0.834. The van der Waals surface area contributed by atoms with Crippen LogP contribution in [0, 0.1) is 5.92 Å². The molecule has 0 heterocycles. The Balaban J connectivity index is 2.70. The van der Waals surface area contributed by atoms with Crippen LogP contribution < -0.4 is 0 Å². The molecule has 0 saturated heterocycles. The molecule has 0 aromatic heterocycles. The van der Waals surface area contributed by atoms with Gasteiger partial charge in [-0.3, -0.25) is 9.59 Å². The van der Waals surface area contributed by atoms with Crippen LogP contribution in [0.3, 0.4) is 0 Å². The van der Waals surface area contributed by atoms with E-state index in [9.17, 15) is 9.59 Å². The number of carbonyl (C=O) groups is 2. The summed E-state index contributed by atoms with van der Waals surface area (Å²) in [5.41, 5.74) is 0.455. The van der Waals surface area contributed by atoms with Gasteiger partial charge in [0.15, 0.2) is 5.78 Å². The van der Waals surface area contributed by atoms with E-state index in [4.69, 9.17) is 28.3 Å². The smallest absolute Gasteiger partial charge is 0.303 e. The first-order valence-corrected chi connectivity index (χ1v) is 5.85. The fourth-order valence-corrected chi connectivity index (χ4v) is 1.77. The highest BCUT2D eigenvalue weighted by Crippen LogP contribution is 2.24. The summed E-state index contributed by atoms with van der Waals surface area (Å²) in [5.74, 6) is -1.23. The van der Waals surface area contributed by atoms with Crippen LogP contribution in [0.5, 0.6) is 0 Å². The van der Waals surface area contributed by atoms with Gasteiger partial charge in [0.25, 0.3) is 0 Å². The van der Waals surface area contributed by atoms with Gasteiger partial charge in [-0.1, -0.05) is 30.1 Å². The van der Waals surface area contributed by atoms with Crippen molar-refractivity contribution in [2.75, 3.05) is 0 Å². The normalized spacial score (nSPS) is 12.2. The second kappa shape index (κ2) is 6.03. The zero-order chi connectivity index (χ0) is 13.0. The van der Waals surface area contributed by atoms with E-state index >= 15 is 0 Å². The van der Waals surface area contributed by atoms with Crippen LogP contribution in [0.1, 0.15) is 30.1 Å². The average Bonchev–Trinajstić information content (AvgIpc) is 2.20. The van der Waals surface area contributed by atoms with E-state index in [0.717, 1.165) is 0 Å². The topological polar surface area (TPSA) is 54.4 Å². The highest BCUT2D eigenvalue weighted by molar-refractivity contribution is 6.42. The molecule has 17 heavy (non-hydrogen) atoms. The van der Waals surface area contributed by atoms with Crippen LogP contribution >= 0.6 is 23.2 Å². The number of aliphatic carboxylic acids is 1. The van der Waals surface area contributed by atoms with Gasteiger partial charge in [0.2, 0.25) is 0 Å². The molecule has 0 radical (unpaired) electrons. The van der Waals surface area contributed by atoms with Crippen molar-refractivity contribution < 1.29 is 14.7 Å². The summed E-state index contributed by atoms with van der Waals surface area (Å²) in [5, 5.41) is 9.31. The monoisotopic (exact) mass is 274 g/mol. The van der Waals surface area contributed by atoms with Gasteiger partial charge in [-0.25, -0.2) is 0 Å². The summed E-state index contributed by atoms with van der Waals surface area (Å²) in [6.07, 6.45) is 0.164. The third-order valence-electron chi connectivity index (χ3n) is 2.30. The molecule has 0 aliphatic heterocycles. The Morgan fingerprint density at radius 3 is 2.41 bits per heavy atom. The van der Waals surface area contributed by atoms with Crippen LogP contribution in [0.2, 0.25) is 10.0 Å². The molecule has 0 saturated carbocycles. The van der Waals surface area contributed by atoms with Crippen molar-refractivity contribution in [3.05, 3.63) is 33.8 Å². The van der Waals surface area contributed by atoms with E-state index in [2.05, 4.69) is 0 Å². The molecule has 0 aliphatic carbocycles. The van der Waals surface area contributed by atoms with Crippen molar-refractivity contribution in [2.24, 2.45) is 5.92 Å². The largest absolute Gasteiger partial charge is 0.481 e. The van der Waals surface area contributed by atoms with Gasteiger partial charge in [-0.05, 0) is 24.1 Å². The maximum absolute atomic E-state index is 11.8. The van der Waals surface area contributed by atoms with Gasteiger partial charge in [-0.15, -0.1) is 0 Å². The molecule has 0 spiro atoms. The summed E-state index contributed by atoms with van der Waals surface area (Å²) < 4.78 is 0. The molecule has 1 rings (SSSR count). The molecular formula is C12H12Cl2O3. The first-order valence-electron chi connectivity index (χ1n) is 5.10. The van der Waals surface area contributed by atoms with Crippen molar-refractivity contribution in [1.82, 2.24) is 0 Å². The van der Waals surface area contributed by atoms with Crippen molar-refractivity contribution >= 4 is 35.0 Å². The van der Waals surface area contributed by atoms with Crippen molar-refractivity contribution in [2.45, 2.75) is 19.8 Å². The fourth-order valence-electron chi connectivity index (χ4n) is 1.47. The number of carbonyl (C=O) groups excluding carboxylic acids is 1. The molecule has 1 N–H and O–H groups in total. The molecule has 1 atom stereocenters. The fraction of sp³-hybridized carbons (Fsp3) is 0.333. The second-order valence-electron chi connectivity index (χ2n) is 3.96. The van der Waals surface area contributed by atoms with Gasteiger partial charge in [0.1, 0.15) is 0 Å². The van der Waals surface area contributed by atoms with E-state index in [1.165, 1.54) is 6.07 Å². The van der Waals surface area contributed by atoms with Crippen LogP contribution in [0.25, 0.3) is 0 Å². The van der Waals surface area contributed by atoms with E-state index in [0.29, 0.717) is 15.6 Å². The average molecular weight is 275 g/mol. The predicted molar refractivity (Wildman–Crippen MR) is 66.8 cm³/mol. The van der Waals surface area contributed by atoms with E-state index in [1.807, 2.05) is 0 Å². The standard InChI is InChI=1S/C12H12Cl2O3/c1-7(5-12(16)17)4-11(15)8-2-3-9(13)10(14)6-8/h2-3,6-7H,4-5H2,1H3,(H,16,17).